The van der Waals surface area contributed by atoms with Crippen molar-refractivity contribution in [3.63, 3.8) is 0 Å². The molecule has 1 fully saturated rings. The Morgan fingerprint density at radius 2 is 1.72 bits per heavy atom. The molecule has 0 spiro atoms. The van der Waals surface area contributed by atoms with Gasteiger partial charge in [0.15, 0.2) is 0 Å². The van der Waals surface area contributed by atoms with Crippen LogP contribution in [-0.4, -0.2) is 65.7 Å². The number of carbonyl (C=O) groups is 5. The molecule has 5 N–H and O–H groups in total. The monoisotopic (exact) mass is 355 g/mol. The van der Waals surface area contributed by atoms with Gasteiger partial charge in [0, 0.05) is 12.1 Å². The molecule has 10 heteroatoms. The van der Waals surface area contributed by atoms with Crippen molar-refractivity contribution in [1.82, 2.24) is 20.9 Å². The van der Waals surface area contributed by atoms with E-state index < -0.39 is 47.7 Å². The number of hydrogen-bond donors (Lipinski definition) is 4. The van der Waals surface area contributed by atoms with E-state index in [0.29, 0.717) is 19.4 Å². The van der Waals surface area contributed by atoms with Crippen molar-refractivity contribution < 1.29 is 24.0 Å². The van der Waals surface area contributed by atoms with Gasteiger partial charge in [0.25, 0.3) is 5.91 Å². The summed E-state index contributed by atoms with van der Waals surface area (Å²) >= 11 is 0. The lowest BCUT2D eigenvalue weighted by Gasteiger charge is -2.25. The summed E-state index contributed by atoms with van der Waals surface area (Å²) in [5.74, 6) is -2.97. The van der Waals surface area contributed by atoms with Crippen LogP contribution in [0.3, 0.4) is 0 Å². The average molecular weight is 355 g/mol. The fourth-order valence-corrected chi connectivity index (χ4v) is 2.35. The summed E-state index contributed by atoms with van der Waals surface area (Å²) in [5, 5.41) is 7.42. The lowest BCUT2D eigenvalue weighted by molar-refractivity contribution is -0.139. The highest BCUT2D eigenvalue weighted by molar-refractivity contribution is 6.36. The first-order valence-corrected chi connectivity index (χ1v) is 7.97. The van der Waals surface area contributed by atoms with Crippen molar-refractivity contribution in [1.29, 1.82) is 0 Å². The summed E-state index contributed by atoms with van der Waals surface area (Å²) < 4.78 is 0. The Hall–Kier alpha value is -2.65. The molecule has 0 aromatic heterocycles. The van der Waals surface area contributed by atoms with Gasteiger partial charge < -0.3 is 26.6 Å². The number of nitrogens with one attached hydrogen (secondary N) is 3. The maximum absolute atomic E-state index is 12.2. The van der Waals surface area contributed by atoms with Crippen LogP contribution in [0.1, 0.15) is 33.6 Å². The smallest absolute Gasteiger partial charge is 0.315 e. The van der Waals surface area contributed by atoms with Crippen LogP contribution in [-0.2, 0) is 19.2 Å². The minimum absolute atomic E-state index is 0.244. The Morgan fingerprint density at radius 3 is 2.28 bits per heavy atom. The van der Waals surface area contributed by atoms with Gasteiger partial charge in [-0.3, -0.25) is 19.2 Å². The van der Waals surface area contributed by atoms with Crippen molar-refractivity contribution in [2.24, 2.45) is 5.73 Å². The van der Waals surface area contributed by atoms with Crippen molar-refractivity contribution >= 4 is 29.5 Å². The molecule has 1 aliphatic rings. The first kappa shape index (κ1) is 20.4. The Labute approximate surface area is 145 Å². The number of ketones is 1. The second-order valence-electron chi connectivity index (χ2n) is 6.81. The maximum Gasteiger partial charge on any atom is 0.315 e. The van der Waals surface area contributed by atoms with E-state index in [2.05, 4.69) is 16.0 Å². The fourth-order valence-electron chi connectivity index (χ4n) is 2.35. The van der Waals surface area contributed by atoms with Crippen LogP contribution < -0.4 is 21.7 Å². The summed E-state index contributed by atoms with van der Waals surface area (Å²) in [6.07, 6.45) is 1.07. The highest BCUT2D eigenvalue weighted by atomic mass is 16.2. The van der Waals surface area contributed by atoms with Gasteiger partial charge in [0.05, 0.1) is 13.1 Å². The van der Waals surface area contributed by atoms with Crippen LogP contribution in [0.4, 0.5) is 4.79 Å². The average Bonchev–Trinajstić information content (AvgIpc) is 2.97. The first-order chi connectivity index (χ1) is 11.5. The molecule has 5 amide bonds. The van der Waals surface area contributed by atoms with E-state index >= 15 is 0 Å². The number of nitrogens with two attached hydrogens (primary N) is 1. The zero-order valence-corrected chi connectivity index (χ0v) is 14.7. The van der Waals surface area contributed by atoms with Gasteiger partial charge in [-0.05, 0) is 33.6 Å². The molecular weight excluding hydrogens is 330 g/mol. The lowest BCUT2D eigenvalue weighted by Crippen LogP contribution is -2.52. The summed E-state index contributed by atoms with van der Waals surface area (Å²) in [4.78, 5) is 59.2. The van der Waals surface area contributed by atoms with Gasteiger partial charge in [-0.2, -0.15) is 0 Å². The van der Waals surface area contributed by atoms with Gasteiger partial charge in [-0.15, -0.1) is 0 Å². The van der Waals surface area contributed by atoms with Gasteiger partial charge in [0.2, 0.25) is 17.6 Å². The largest absolute Gasteiger partial charge is 0.363 e. The quantitative estimate of drug-likeness (QED) is 0.416. The Morgan fingerprint density at radius 1 is 1.08 bits per heavy atom. The fraction of sp³-hybridized carbons (Fsp3) is 0.667. The summed E-state index contributed by atoms with van der Waals surface area (Å²) in [7, 11) is 0. The molecule has 1 heterocycles. The number of carbonyl (C=O) groups excluding carboxylic acids is 5. The van der Waals surface area contributed by atoms with Crippen LogP contribution in [0.15, 0.2) is 0 Å². The molecule has 1 aliphatic heterocycles. The molecule has 140 valence electrons. The molecule has 0 aromatic carbocycles. The molecule has 0 aliphatic carbocycles. The minimum Gasteiger partial charge on any atom is -0.363 e. The van der Waals surface area contributed by atoms with Crippen LogP contribution in [0.5, 0.6) is 0 Å². The third kappa shape index (κ3) is 6.77. The standard InChI is InChI=1S/C15H25N5O5/c1-15(2,3)19-14(25)18-8-11(22)20-6-4-5-9(20)13(24)17-7-10(21)12(16)23/h9H,4-8H2,1-3H3,(H2,16,23)(H,17,24)(H2,18,19,25)/t9-/m0/s1. The van der Waals surface area contributed by atoms with E-state index in [1.54, 1.807) is 0 Å². The van der Waals surface area contributed by atoms with Gasteiger partial charge in [-0.1, -0.05) is 0 Å². The van der Waals surface area contributed by atoms with Crippen molar-refractivity contribution in [2.45, 2.75) is 45.2 Å². The number of likely N-dealkylation sites (tertiary alicyclic amines) is 1. The number of amides is 5. The normalized spacial score (nSPS) is 16.9. The predicted octanol–water partition coefficient (Wildman–Crippen LogP) is -1.75. The highest BCUT2D eigenvalue weighted by Gasteiger charge is 2.34. The van der Waals surface area contributed by atoms with Crippen LogP contribution in [0, 0.1) is 0 Å². The summed E-state index contributed by atoms with van der Waals surface area (Å²) in [6.45, 7) is 5.06. The van der Waals surface area contributed by atoms with Crippen molar-refractivity contribution in [3.05, 3.63) is 0 Å². The van der Waals surface area contributed by atoms with Crippen LogP contribution >= 0.6 is 0 Å². The molecule has 1 saturated heterocycles. The minimum atomic E-state index is -1.13. The van der Waals surface area contributed by atoms with E-state index in [9.17, 15) is 24.0 Å². The third-order valence-electron chi connectivity index (χ3n) is 3.46. The molecule has 10 nitrogen and oxygen atoms in total. The molecule has 0 radical (unpaired) electrons. The number of nitrogens with zero attached hydrogens (tertiary/aromatic N) is 1. The van der Waals surface area contributed by atoms with Crippen LogP contribution in [0.2, 0.25) is 0 Å². The molecule has 1 rings (SSSR count). The molecule has 0 saturated carbocycles. The van der Waals surface area contributed by atoms with Gasteiger partial charge >= 0.3 is 6.03 Å². The lowest BCUT2D eigenvalue weighted by atomic mass is 10.1. The Balaban J connectivity index is 2.51. The van der Waals surface area contributed by atoms with Crippen LogP contribution in [0.25, 0.3) is 0 Å². The highest BCUT2D eigenvalue weighted by Crippen LogP contribution is 2.17. The third-order valence-corrected chi connectivity index (χ3v) is 3.46. The number of hydrogen-bond acceptors (Lipinski definition) is 5. The molecule has 25 heavy (non-hydrogen) atoms. The zero-order chi connectivity index (χ0) is 19.2. The second-order valence-corrected chi connectivity index (χ2v) is 6.81. The number of Topliss-reactive ketones (excluding diaryl/α,β-unsaturated/α-hetero) is 1. The van der Waals surface area contributed by atoms with Gasteiger partial charge in [0.1, 0.15) is 6.04 Å². The van der Waals surface area contributed by atoms with E-state index in [1.807, 2.05) is 20.8 Å². The number of rotatable bonds is 6. The molecule has 0 unspecified atom stereocenters. The number of primary amides is 1. The first-order valence-electron chi connectivity index (χ1n) is 7.97. The topological polar surface area (TPSA) is 151 Å². The SMILES string of the molecule is CC(C)(C)NC(=O)NCC(=O)N1CCC[C@H]1C(=O)NCC(=O)C(N)=O. The zero-order valence-electron chi connectivity index (χ0n) is 14.7. The number of urea groups is 1. The molecule has 1 atom stereocenters. The summed E-state index contributed by atoms with van der Waals surface area (Å²) in [5.41, 5.74) is 4.38. The summed E-state index contributed by atoms with van der Waals surface area (Å²) in [6, 6.07) is -1.21. The van der Waals surface area contributed by atoms with Crippen molar-refractivity contribution in [2.75, 3.05) is 19.6 Å². The predicted molar refractivity (Wildman–Crippen MR) is 88.2 cm³/mol. The van der Waals surface area contributed by atoms with E-state index in [4.69, 9.17) is 5.73 Å². The van der Waals surface area contributed by atoms with E-state index in [1.165, 1.54) is 4.90 Å². The molecular formula is C15H25N5O5. The van der Waals surface area contributed by atoms with Crippen molar-refractivity contribution in [3.8, 4) is 0 Å². The molecule has 0 bridgehead atoms. The molecule has 0 aromatic rings. The van der Waals surface area contributed by atoms with Gasteiger partial charge in [-0.25, -0.2) is 4.79 Å². The van der Waals surface area contributed by atoms with E-state index in [-0.39, 0.29) is 6.54 Å². The Bertz CT molecular complexity index is 569. The van der Waals surface area contributed by atoms with E-state index in [0.717, 1.165) is 0 Å². The second kappa shape index (κ2) is 8.45. The maximum atomic E-state index is 12.2. The Kier molecular flexibility index (Phi) is 6.89.